The summed E-state index contributed by atoms with van der Waals surface area (Å²) in [7, 11) is 1.57. The number of hydrogen-bond donors (Lipinski definition) is 3. The van der Waals surface area contributed by atoms with E-state index in [0.29, 0.717) is 17.0 Å². The summed E-state index contributed by atoms with van der Waals surface area (Å²) in [5.41, 5.74) is 1.07. The highest BCUT2D eigenvalue weighted by atomic mass is 127. The molecular formula is C15H13IN2O3S. The fourth-order valence-electron chi connectivity index (χ4n) is 1.73. The highest BCUT2D eigenvalue weighted by molar-refractivity contribution is 14.1. The fourth-order valence-corrected chi connectivity index (χ4v) is 2.67. The van der Waals surface area contributed by atoms with Crippen LogP contribution < -0.4 is 15.4 Å². The smallest absolute Gasteiger partial charge is 0.257 e. The van der Waals surface area contributed by atoms with Gasteiger partial charge in [-0.15, -0.1) is 0 Å². The minimum atomic E-state index is -0.321. The summed E-state index contributed by atoms with van der Waals surface area (Å²) >= 11 is 7.18. The molecule has 0 atom stereocenters. The third-order valence-electron chi connectivity index (χ3n) is 2.75. The standard InChI is InChI=1S/C15H13IN2O3S/c1-21-13-6-5-9(7-12(13)16)14(20)18-15(22)17-10-3-2-4-11(19)8-10/h2-8,19H,1H3,(H2,17,18,20,22). The lowest BCUT2D eigenvalue weighted by atomic mass is 10.2. The SMILES string of the molecule is COc1ccc(C(=O)NC(=S)Nc2cccc(O)c2)cc1I. The van der Waals surface area contributed by atoms with Crippen molar-refractivity contribution in [3.8, 4) is 11.5 Å². The van der Waals surface area contributed by atoms with Gasteiger partial charge in [0.2, 0.25) is 0 Å². The number of hydrogen-bond acceptors (Lipinski definition) is 4. The molecule has 0 aliphatic carbocycles. The Bertz CT molecular complexity index is 722. The van der Waals surface area contributed by atoms with E-state index >= 15 is 0 Å². The second-order valence-corrected chi connectivity index (χ2v) is 5.88. The van der Waals surface area contributed by atoms with Gasteiger partial charge in [0.15, 0.2) is 5.11 Å². The zero-order chi connectivity index (χ0) is 16.1. The van der Waals surface area contributed by atoms with Crippen LogP contribution in [0.2, 0.25) is 0 Å². The number of aromatic hydroxyl groups is 1. The number of halogens is 1. The van der Waals surface area contributed by atoms with Gasteiger partial charge in [-0.05, 0) is 65.1 Å². The molecule has 0 saturated heterocycles. The van der Waals surface area contributed by atoms with Crippen LogP contribution in [-0.2, 0) is 0 Å². The van der Waals surface area contributed by atoms with Crippen molar-refractivity contribution in [2.45, 2.75) is 0 Å². The Morgan fingerprint density at radius 1 is 1.27 bits per heavy atom. The Morgan fingerprint density at radius 3 is 2.68 bits per heavy atom. The van der Waals surface area contributed by atoms with Gasteiger partial charge < -0.3 is 15.2 Å². The highest BCUT2D eigenvalue weighted by Gasteiger charge is 2.10. The molecule has 0 aliphatic rings. The monoisotopic (exact) mass is 428 g/mol. The van der Waals surface area contributed by atoms with E-state index in [1.807, 2.05) is 0 Å². The number of thiocarbonyl (C=S) groups is 1. The van der Waals surface area contributed by atoms with Gasteiger partial charge in [0.1, 0.15) is 11.5 Å². The Morgan fingerprint density at radius 2 is 2.05 bits per heavy atom. The molecule has 3 N–H and O–H groups in total. The molecule has 0 heterocycles. The van der Waals surface area contributed by atoms with E-state index in [9.17, 15) is 9.90 Å². The minimum Gasteiger partial charge on any atom is -0.508 e. The van der Waals surface area contributed by atoms with Gasteiger partial charge in [0.25, 0.3) is 5.91 Å². The molecule has 2 aromatic rings. The molecule has 0 aromatic heterocycles. The van der Waals surface area contributed by atoms with Gasteiger partial charge in [0.05, 0.1) is 10.7 Å². The van der Waals surface area contributed by atoms with E-state index in [0.717, 1.165) is 3.57 Å². The molecular weight excluding hydrogens is 415 g/mol. The summed E-state index contributed by atoms with van der Waals surface area (Å²) in [6, 6.07) is 11.6. The average Bonchev–Trinajstić information content (AvgIpc) is 2.46. The third-order valence-corrected chi connectivity index (χ3v) is 3.79. The normalized spacial score (nSPS) is 9.91. The van der Waals surface area contributed by atoms with Crippen molar-refractivity contribution in [1.82, 2.24) is 5.32 Å². The molecule has 5 nitrogen and oxygen atoms in total. The van der Waals surface area contributed by atoms with Crippen LogP contribution in [0.15, 0.2) is 42.5 Å². The van der Waals surface area contributed by atoms with E-state index in [1.165, 1.54) is 6.07 Å². The largest absolute Gasteiger partial charge is 0.508 e. The molecule has 0 radical (unpaired) electrons. The maximum atomic E-state index is 12.1. The lowest BCUT2D eigenvalue weighted by Gasteiger charge is -2.10. The van der Waals surface area contributed by atoms with Crippen LogP contribution in [0.4, 0.5) is 5.69 Å². The molecule has 22 heavy (non-hydrogen) atoms. The van der Waals surface area contributed by atoms with Crippen LogP contribution in [-0.4, -0.2) is 23.2 Å². The number of ether oxygens (including phenoxy) is 1. The summed E-state index contributed by atoms with van der Waals surface area (Å²) in [4.78, 5) is 12.1. The van der Waals surface area contributed by atoms with Crippen LogP contribution in [0.5, 0.6) is 11.5 Å². The van der Waals surface area contributed by atoms with Gasteiger partial charge in [0, 0.05) is 17.3 Å². The molecule has 7 heteroatoms. The maximum absolute atomic E-state index is 12.1. The molecule has 0 saturated carbocycles. The van der Waals surface area contributed by atoms with Crippen LogP contribution >= 0.6 is 34.8 Å². The zero-order valence-electron chi connectivity index (χ0n) is 11.6. The molecule has 2 rings (SSSR count). The molecule has 0 bridgehead atoms. The van der Waals surface area contributed by atoms with E-state index in [2.05, 4.69) is 33.2 Å². The summed E-state index contributed by atoms with van der Waals surface area (Å²) in [5, 5.41) is 15.0. The number of carbonyl (C=O) groups excluding carboxylic acids is 1. The maximum Gasteiger partial charge on any atom is 0.257 e. The second kappa shape index (κ2) is 7.41. The first-order chi connectivity index (χ1) is 10.5. The zero-order valence-corrected chi connectivity index (χ0v) is 14.6. The quantitative estimate of drug-likeness (QED) is 0.518. The van der Waals surface area contributed by atoms with Crippen molar-refractivity contribution in [1.29, 1.82) is 0 Å². The summed E-state index contributed by atoms with van der Waals surface area (Å²) in [5.74, 6) is 0.500. The first-order valence-electron chi connectivity index (χ1n) is 6.24. The lowest BCUT2D eigenvalue weighted by molar-refractivity contribution is 0.0977. The number of rotatable bonds is 3. The van der Waals surface area contributed by atoms with E-state index in [-0.39, 0.29) is 16.8 Å². The van der Waals surface area contributed by atoms with Crippen LogP contribution in [0, 0.1) is 3.57 Å². The van der Waals surface area contributed by atoms with Crippen molar-refractivity contribution >= 4 is 51.5 Å². The molecule has 1 amide bonds. The number of amides is 1. The fraction of sp³-hybridized carbons (Fsp3) is 0.0667. The Labute approximate surface area is 146 Å². The summed E-state index contributed by atoms with van der Waals surface area (Å²) in [6.45, 7) is 0. The molecule has 0 fully saturated rings. The molecule has 0 spiro atoms. The minimum absolute atomic E-state index is 0.115. The third kappa shape index (κ3) is 4.31. The Balaban J connectivity index is 2.02. The summed E-state index contributed by atoms with van der Waals surface area (Å²) < 4.78 is 5.98. The first kappa shape index (κ1) is 16.5. The van der Waals surface area contributed by atoms with Gasteiger partial charge in [-0.1, -0.05) is 6.07 Å². The lowest BCUT2D eigenvalue weighted by Crippen LogP contribution is -2.34. The van der Waals surface area contributed by atoms with Crippen LogP contribution in [0.3, 0.4) is 0 Å². The predicted molar refractivity (Wildman–Crippen MR) is 97.5 cm³/mol. The van der Waals surface area contributed by atoms with E-state index < -0.39 is 0 Å². The number of methoxy groups -OCH3 is 1. The van der Waals surface area contributed by atoms with Crippen LogP contribution in [0.1, 0.15) is 10.4 Å². The van der Waals surface area contributed by atoms with Crippen LogP contribution in [0.25, 0.3) is 0 Å². The topological polar surface area (TPSA) is 70.6 Å². The number of benzene rings is 2. The number of nitrogens with one attached hydrogen (secondary N) is 2. The molecule has 2 aromatic carbocycles. The molecule has 114 valence electrons. The average molecular weight is 428 g/mol. The van der Waals surface area contributed by atoms with Crippen molar-refractivity contribution < 1.29 is 14.6 Å². The highest BCUT2D eigenvalue weighted by Crippen LogP contribution is 2.21. The Kier molecular flexibility index (Phi) is 5.56. The van der Waals surface area contributed by atoms with E-state index in [1.54, 1.807) is 43.5 Å². The Hall–Kier alpha value is -1.87. The van der Waals surface area contributed by atoms with E-state index in [4.69, 9.17) is 17.0 Å². The van der Waals surface area contributed by atoms with Crippen molar-refractivity contribution in [3.05, 3.63) is 51.6 Å². The van der Waals surface area contributed by atoms with Gasteiger partial charge >= 0.3 is 0 Å². The second-order valence-electron chi connectivity index (χ2n) is 4.31. The predicted octanol–water partition coefficient (Wildman–Crippen LogP) is 3.13. The van der Waals surface area contributed by atoms with Gasteiger partial charge in [-0.3, -0.25) is 10.1 Å². The first-order valence-corrected chi connectivity index (χ1v) is 7.73. The van der Waals surface area contributed by atoms with Crippen molar-refractivity contribution in [3.63, 3.8) is 0 Å². The van der Waals surface area contributed by atoms with Gasteiger partial charge in [-0.25, -0.2) is 0 Å². The van der Waals surface area contributed by atoms with Crippen molar-refractivity contribution in [2.24, 2.45) is 0 Å². The van der Waals surface area contributed by atoms with Gasteiger partial charge in [-0.2, -0.15) is 0 Å². The van der Waals surface area contributed by atoms with Crippen molar-refractivity contribution in [2.75, 3.05) is 12.4 Å². The molecule has 0 unspecified atom stereocenters. The summed E-state index contributed by atoms with van der Waals surface area (Å²) in [6.07, 6.45) is 0. The number of anilines is 1. The molecule has 0 aliphatic heterocycles. The number of carbonyl (C=O) groups is 1. The number of phenolic OH excluding ortho intramolecular Hbond substituents is 1. The number of phenols is 1.